The van der Waals surface area contributed by atoms with Crippen LogP contribution in [-0.4, -0.2) is 16.8 Å². The molecular formula is C12H11NO. The van der Waals surface area contributed by atoms with Crippen LogP contribution in [0, 0.1) is 0 Å². The zero-order chi connectivity index (χ0) is 9.54. The van der Waals surface area contributed by atoms with Crippen molar-refractivity contribution in [3.05, 3.63) is 47.5 Å². The van der Waals surface area contributed by atoms with E-state index < -0.39 is 0 Å². The summed E-state index contributed by atoms with van der Waals surface area (Å²) < 4.78 is 0. The van der Waals surface area contributed by atoms with Gasteiger partial charge in [0, 0.05) is 12.6 Å². The van der Waals surface area contributed by atoms with Gasteiger partial charge in [-0.15, -0.1) is 0 Å². The van der Waals surface area contributed by atoms with Crippen LogP contribution in [0.3, 0.4) is 0 Å². The fourth-order valence-electron chi connectivity index (χ4n) is 2.25. The van der Waals surface area contributed by atoms with Crippen molar-refractivity contribution in [2.24, 2.45) is 0 Å². The Labute approximate surface area is 82.8 Å². The van der Waals surface area contributed by atoms with E-state index in [1.54, 1.807) is 6.08 Å². The van der Waals surface area contributed by atoms with Crippen LogP contribution in [0.4, 0.5) is 0 Å². The zero-order valence-electron chi connectivity index (χ0n) is 7.81. The molecule has 0 aromatic heterocycles. The standard InChI is InChI=1S/C12H11NO/c14-12-6-5-11-7-9-3-1-2-4-10(9)8-13(11)12/h1-6,11H,7-8H2/t11-/m0/s1. The predicted octanol–water partition coefficient (Wildman–Crippen LogP) is 1.51. The van der Waals surface area contributed by atoms with Crippen molar-refractivity contribution in [1.82, 2.24) is 4.90 Å². The van der Waals surface area contributed by atoms with E-state index in [1.807, 2.05) is 17.0 Å². The van der Waals surface area contributed by atoms with E-state index in [9.17, 15) is 4.79 Å². The Hall–Kier alpha value is -1.57. The molecule has 3 rings (SSSR count). The number of benzene rings is 1. The molecule has 2 nitrogen and oxygen atoms in total. The Morgan fingerprint density at radius 1 is 1.21 bits per heavy atom. The van der Waals surface area contributed by atoms with Crippen LogP contribution < -0.4 is 0 Å². The lowest BCUT2D eigenvalue weighted by atomic mass is 9.95. The third-order valence-corrected chi connectivity index (χ3v) is 3.03. The number of fused-ring (bicyclic) bond motifs is 2. The van der Waals surface area contributed by atoms with Gasteiger partial charge in [-0.05, 0) is 17.5 Å². The highest BCUT2D eigenvalue weighted by Crippen LogP contribution is 2.26. The van der Waals surface area contributed by atoms with Gasteiger partial charge in [-0.25, -0.2) is 0 Å². The van der Waals surface area contributed by atoms with Gasteiger partial charge >= 0.3 is 0 Å². The van der Waals surface area contributed by atoms with E-state index in [0.29, 0.717) is 6.04 Å². The Morgan fingerprint density at radius 2 is 2.00 bits per heavy atom. The van der Waals surface area contributed by atoms with Crippen LogP contribution >= 0.6 is 0 Å². The van der Waals surface area contributed by atoms with Crippen molar-refractivity contribution >= 4 is 5.91 Å². The molecule has 2 aliphatic rings. The average molecular weight is 185 g/mol. The Kier molecular flexibility index (Phi) is 1.51. The largest absolute Gasteiger partial charge is 0.328 e. The molecular weight excluding hydrogens is 174 g/mol. The van der Waals surface area contributed by atoms with Gasteiger partial charge in [-0.2, -0.15) is 0 Å². The summed E-state index contributed by atoms with van der Waals surface area (Å²) in [6.07, 6.45) is 4.67. The van der Waals surface area contributed by atoms with Crippen LogP contribution in [0.5, 0.6) is 0 Å². The van der Waals surface area contributed by atoms with Crippen molar-refractivity contribution in [1.29, 1.82) is 0 Å². The highest BCUT2D eigenvalue weighted by atomic mass is 16.2. The Balaban J connectivity index is 2.02. The lowest BCUT2D eigenvalue weighted by molar-refractivity contribution is -0.126. The summed E-state index contributed by atoms with van der Waals surface area (Å²) in [6.45, 7) is 0.771. The van der Waals surface area contributed by atoms with Crippen LogP contribution in [0.2, 0.25) is 0 Å². The van der Waals surface area contributed by atoms with Crippen LogP contribution in [0.25, 0.3) is 0 Å². The lowest BCUT2D eigenvalue weighted by Gasteiger charge is -2.31. The van der Waals surface area contributed by atoms with E-state index >= 15 is 0 Å². The summed E-state index contributed by atoms with van der Waals surface area (Å²) in [6, 6.07) is 8.67. The molecule has 2 heterocycles. The molecule has 0 saturated heterocycles. The number of hydrogen-bond donors (Lipinski definition) is 0. The van der Waals surface area contributed by atoms with E-state index in [-0.39, 0.29) is 5.91 Å². The molecule has 2 heteroatoms. The van der Waals surface area contributed by atoms with E-state index in [4.69, 9.17) is 0 Å². The first-order valence-electron chi connectivity index (χ1n) is 4.90. The Morgan fingerprint density at radius 3 is 2.86 bits per heavy atom. The minimum atomic E-state index is 0.157. The second kappa shape index (κ2) is 2.71. The first-order chi connectivity index (χ1) is 6.84. The predicted molar refractivity (Wildman–Crippen MR) is 53.6 cm³/mol. The molecule has 0 aliphatic carbocycles. The number of hydrogen-bond acceptors (Lipinski definition) is 1. The molecule has 0 saturated carbocycles. The normalized spacial score (nSPS) is 23.6. The van der Waals surface area contributed by atoms with Gasteiger partial charge < -0.3 is 4.90 Å². The first kappa shape index (κ1) is 7.80. The molecule has 14 heavy (non-hydrogen) atoms. The number of rotatable bonds is 0. The maximum absolute atomic E-state index is 11.5. The molecule has 0 radical (unpaired) electrons. The fourth-order valence-corrected chi connectivity index (χ4v) is 2.25. The molecule has 0 fully saturated rings. The summed E-state index contributed by atoms with van der Waals surface area (Å²) >= 11 is 0. The van der Waals surface area contributed by atoms with Gasteiger partial charge in [0.25, 0.3) is 0 Å². The summed E-state index contributed by atoms with van der Waals surface area (Å²) in [4.78, 5) is 13.4. The lowest BCUT2D eigenvalue weighted by Crippen LogP contribution is -2.38. The molecule has 1 aromatic rings. The van der Waals surface area contributed by atoms with Crippen molar-refractivity contribution < 1.29 is 4.79 Å². The van der Waals surface area contributed by atoms with Crippen molar-refractivity contribution in [2.45, 2.75) is 19.0 Å². The molecule has 70 valence electrons. The molecule has 0 bridgehead atoms. The Bertz CT molecular complexity index is 422. The smallest absolute Gasteiger partial charge is 0.247 e. The van der Waals surface area contributed by atoms with Crippen molar-refractivity contribution in [3.63, 3.8) is 0 Å². The fraction of sp³-hybridized carbons (Fsp3) is 0.250. The van der Waals surface area contributed by atoms with Crippen LogP contribution in [-0.2, 0) is 17.8 Å². The van der Waals surface area contributed by atoms with Crippen molar-refractivity contribution in [3.8, 4) is 0 Å². The molecule has 1 atom stereocenters. The van der Waals surface area contributed by atoms with Gasteiger partial charge in [-0.1, -0.05) is 30.3 Å². The third-order valence-electron chi connectivity index (χ3n) is 3.03. The highest BCUT2D eigenvalue weighted by molar-refractivity contribution is 5.90. The maximum Gasteiger partial charge on any atom is 0.247 e. The number of amides is 1. The second-order valence-electron chi connectivity index (χ2n) is 3.87. The molecule has 1 amide bonds. The number of nitrogens with zero attached hydrogens (tertiary/aromatic N) is 1. The SMILES string of the molecule is O=C1C=C[C@H]2Cc3ccccc3CN12. The summed E-state index contributed by atoms with van der Waals surface area (Å²) in [5, 5.41) is 0. The zero-order valence-corrected chi connectivity index (χ0v) is 7.81. The maximum atomic E-state index is 11.5. The van der Waals surface area contributed by atoms with Gasteiger partial charge in [-0.3, -0.25) is 4.79 Å². The second-order valence-corrected chi connectivity index (χ2v) is 3.87. The molecule has 0 N–H and O–H groups in total. The minimum absolute atomic E-state index is 0.157. The molecule has 2 aliphatic heterocycles. The quantitative estimate of drug-likeness (QED) is 0.600. The number of carbonyl (C=O) groups excluding carboxylic acids is 1. The number of carbonyl (C=O) groups is 1. The summed E-state index contributed by atoms with van der Waals surface area (Å²) in [5.74, 6) is 0.157. The monoisotopic (exact) mass is 185 g/mol. The topological polar surface area (TPSA) is 20.3 Å². The van der Waals surface area contributed by atoms with Gasteiger partial charge in [0.1, 0.15) is 0 Å². The summed E-state index contributed by atoms with van der Waals surface area (Å²) in [5.41, 5.74) is 2.67. The first-order valence-corrected chi connectivity index (χ1v) is 4.90. The molecule has 1 aromatic carbocycles. The van der Waals surface area contributed by atoms with Crippen molar-refractivity contribution in [2.75, 3.05) is 0 Å². The van der Waals surface area contributed by atoms with Gasteiger partial charge in [0.15, 0.2) is 0 Å². The minimum Gasteiger partial charge on any atom is -0.328 e. The average Bonchev–Trinajstić information content (AvgIpc) is 2.57. The molecule has 0 unspecified atom stereocenters. The van der Waals surface area contributed by atoms with E-state index in [2.05, 4.69) is 18.2 Å². The van der Waals surface area contributed by atoms with Gasteiger partial charge in [0.05, 0.1) is 6.04 Å². The van der Waals surface area contributed by atoms with Gasteiger partial charge in [0.2, 0.25) is 5.91 Å². The molecule has 0 spiro atoms. The van der Waals surface area contributed by atoms with Crippen LogP contribution in [0.15, 0.2) is 36.4 Å². The van der Waals surface area contributed by atoms with Crippen LogP contribution in [0.1, 0.15) is 11.1 Å². The highest BCUT2D eigenvalue weighted by Gasteiger charge is 2.30. The third kappa shape index (κ3) is 1.00. The van der Waals surface area contributed by atoms with E-state index in [0.717, 1.165) is 13.0 Å². The van der Waals surface area contributed by atoms with E-state index in [1.165, 1.54) is 11.1 Å². The summed E-state index contributed by atoms with van der Waals surface area (Å²) in [7, 11) is 0.